The van der Waals surface area contributed by atoms with Crippen LogP contribution in [0.4, 0.5) is 17.1 Å². The average Bonchev–Trinajstić information content (AvgIpc) is 3.80. The number of hydrogen-bond acceptors (Lipinski definition) is 2. The van der Waals surface area contributed by atoms with Crippen LogP contribution in [0.3, 0.4) is 0 Å². The molecule has 1 aromatic heterocycles. The third kappa shape index (κ3) is 5.79. The van der Waals surface area contributed by atoms with Crippen LogP contribution in [0.5, 0.6) is 0 Å². The lowest BCUT2D eigenvalue weighted by Crippen LogP contribution is -2.15. The molecule has 9 aromatic carbocycles. The Hall–Kier alpha value is -7.42. The summed E-state index contributed by atoms with van der Waals surface area (Å²) in [5, 5.41) is 2.17. The molecule has 0 atom stereocenters. The number of hydrogen-bond donors (Lipinski definition) is 0. The third-order valence-corrected chi connectivity index (χ3v) is 12.3. The van der Waals surface area contributed by atoms with Crippen LogP contribution in [0.2, 0.25) is 0 Å². The molecule has 0 N–H and O–H groups in total. The molecule has 0 bridgehead atoms. The van der Waals surface area contributed by atoms with Gasteiger partial charge >= 0.3 is 0 Å². The Bertz CT molecular complexity index is 3170. The minimum atomic E-state index is -0.0883. The van der Waals surface area contributed by atoms with E-state index in [1.807, 2.05) is 0 Å². The SMILES string of the molecule is CC1(C)c2ccccc2-c2ccc(-c3cccc(N(c4ccccc4-c4ccc(-c5ccccc5)cc4)c4ccc(-c5ccccc5)c5oc6ccccc6c45)c3)cc21. The average molecular weight is 756 g/mol. The van der Waals surface area contributed by atoms with Crippen LogP contribution in [0, 0.1) is 0 Å². The van der Waals surface area contributed by atoms with Gasteiger partial charge < -0.3 is 9.32 Å². The molecule has 11 rings (SSSR count). The summed E-state index contributed by atoms with van der Waals surface area (Å²) in [5.41, 5.74) is 19.5. The van der Waals surface area contributed by atoms with Gasteiger partial charge in [0, 0.05) is 27.6 Å². The van der Waals surface area contributed by atoms with Gasteiger partial charge in [0.05, 0.1) is 16.8 Å². The molecular formula is C57H41NO. The molecule has 0 unspecified atom stereocenters. The number of anilines is 3. The molecule has 0 fully saturated rings. The number of para-hydroxylation sites is 2. The van der Waals surface area contributed by atoms with Crippen LogP contribution in [0.1, 0.15) is 25.0 Å². The number of fused-ring (bicyclic) bond motifs is 6. The largest absolute Gasteiger partial charge is 0.455 e. The van der Waals surface area contributed by atoms with Crippen molar-refractivity contribution in [3.63, 3.8) is 0 Å². The molecule has 0 radical (unpaired) electrons. The monoisotopic (exact) mass is 755 g/mol. The molecule has 0 amide bonds. The van der Waals surface area contributed by atoms with E-state index in [0.29, 0.717) is 0 Å². The van der Waals surface area contributed by atoms with Crippen molar-refractivity contribution >= 4 is 39.0 Å². The lowest BCUT2D eigenvalue weighted by Gasteiger charge is -2.29. The Morgan fingerprint density at radius 3 is 1.75 bits per heavy atom. The normalized spacial score (nSPS) is 12.7. The minimum Gasteiger partial charge on any atom is -0.455 e. The Kier molecular flexibility index (Phi) is 8.20. The van der Waals surface area contributed by atoms with Crippen molar-refractivity contribution in [2.75, 3.05) is 4.90 Å². The quantitative estimate of drug-likeness (QED) is 0.161. The van der Waals surface area contributed by atoms with Crippen LogP contribution in [0.15, 0.2) is 217 Å². The van der Waals surface area contributed by atoms with Crippen LogP contribution in [-0.2, 0) is 5.41 Å². The molecule has 1 heterocycles. The number of rotatable bonds is 7. The molecule has 0 aliphatic heterocycles. The summed E-state index contributed by atoms with van der Waals surface area (Å²) in [4.78, 5) is 2.44. The molecule has 2 heteroatoms. The minimum absolute atomic E-state index is 0.0883. The van der Waals surface area contributed by atoms with Gasteiger partial charge in [0.2, 0.25) is 0 Å². The van der Waals surface area contributed by atoms with Crippen molar-refractivity contribution in [2.24, 2.45) is 0 Å². The highest BCUT2D eigenvalue weighted by molar-refractivity contribution is 6.17. The predicted octanol–water partition coefficient (Wildman–Crippen LogP) is 16.0. The summed E-state index contributed by atoms with van der Waals surface area (Å²) >= 11 is 0. The first kappa shape index (κ1) is 34.8. The lowest BCUT2D eigenvalue weighted by molar-refractivity contribution is 0.660. The first-order chi connectivity index (χ1) is 29.0. The summed E-state index contributed by atoms with van der Waals surface area (Å²) in [6, 6.07) is 76.8. The van der Waals surface area contributed by atoms with Gasteiger partial charge in [-0.05, 0) is 98.1 Å². The molecular weight excluding hydrogens is 715 g/mol. The smallest absolute Gasteiger partial charge is 0.145 e. The number of benzene rings is 9. The molecule has 0 saturated heterocycles. The van der Waals surface area contributed by atoms with Crippen molar-refractivity contribution in [3.8, 4) is 55.6 Å². The molecule has 0 saturated carbocycles. The standard InChI is InChI=1S/C57H41NO/c1-57(2)50-25-12-9-23-47(50)48-33-32-43(37-51(48)57)42-20-15-21-44(36-42)58(52-26-13-10-22-45(52)41-30-28-39(29-31-41)38-16-5-3-6-17-38)53-35-34-46(40-18-7-4-8-19-40)56-55(53)49-24-11-14-27-54(49)59-56/h3-37H,1-2H3. The van der Waals surface area contributed by atoms with Gasteiger partial charge in [-0.1, -0.05) is 184 Å². The third-order valence-electron chi connectivity index (χ3n) is 12.3. The fraction of sp³-hybridized carbons (Fsp3) is 0.0526. The van der Waals surface area contributed by atoms with Crippen molar-refractivity contribution in [1.82, 2.24) is 0 Å². The zero-order valence-corrected chi connectivity index (χ0v) is 33.1. The van der Waals surface area contributed by atoms with Crippen LogP contribution < -0.4 is 4.90 Å². The molecule has 1 aliphatic carbocycles. The first-order valence-electron chi connectivity index (χ1n) is 20.4. The molecule has 59 heavy (non-hydrogen) atoms. The maximum absolute atomic E-state index is 6.83. The van der Waals surface area contributed by atoms with Gasteiger partial charge in [-0.25, -0.2) is 0 Å². The predicted molar refractivity (Wildman–Crippen MR) is 248 cm³/mol. The molecule has 280 valence electrons. The van der Waals surface area contributed by atoms with Crippen LogP contribution >= 0.6 is 0 Å². The second kappa shape index (κ2) is 13.9. The van der Waals surface area contributed by atoms with E-state index in [-0.39, 0.29) is 5.41 Å². The van der Waals surface area contributed by atoms with E-state index in [0.717, 1.165) is 61.3 Å². The summed E-state index contributed by atoms with van der Waals surface area (Å²) in [6.45, 7) is 4.70. The van der Waals surface area contributed by atoms with Crippen molar-refractivity contribution < 1.29 is 4.42 Å². The Morgan fingerprint density at radius 2 is 0.932 bits per heavy atom. The van der Waals surface area contributed by atoms with Gasteiger partial charge in [-0.2, -0.15) is 0 Å². The van der Waals surface area contributed by atoms with Crippen LogP contribution in [0.25, 0.3) is 77.6 Å². The second-order valence-electron chi connectivity index (χ2n) is 16.1. The number of nitrogens with zero attached hydrogens (tertiary/aromatic N) is 1. The Labute approximate surface area is 345 Å². The van der Waals surface area contributed by atoms with E-state index in [4.69, 9.17) is 4.42 Å². The van der Waals surface area contributed by atoms with Gasteiger partial charge in [0.15, 0.2) is 0 Å². The van der Waals surface area contributed by atoms with E-state index in [2.05, 4.69) is 231 Å². The Balaban J connectivity index is 1.13. The van der Waals surface area contributed by atoms with Crippen molar-refractivity contribution in [3.05, 3.63) is 223 Å². The first-order valence-corrected chi connectivity index (χ1v) is 20.4. The Morgan fingerprint density at radius 1 is 0.373 bits per heavy atom. The van der Waals surface area contributed by atoms with E-state index in [1.165, 1.54) is 44.5 Å². The van der Waals surface area contributed by atoms with Gasteiger partial charge in [-0.3, -0.25) is 0 Å². The zero-order valence-electron chi connectivity index (χ0n) is 33.1. The fourth-order valence-electron chi connectivity index (χ4n) is 9.34. The van der Waals surface area contributed by atoms with E-state index in [1.54, 1.807) is 0 Å². The highest BCUT2D eigenvalue weighted by atomic mass is 16.3. The van der Waals surface area contributed by atoms with E-state index < -0.39 is 0 Å². The highest BCUT2D eigenvalue weighted by Gasteiger charge is 2.35. The van der Waals surface area contributed by atoms with Gasteiger partial charge in [0.25, 0.3) is 0 Å². The summed E-state index contributed by atoms with van der Waals surface area (Å²) in [5.74, 6) is 0. The van der Waals surface area contributed by atoms with Gasteiger partial charge in [0.1, 0.15) is 11.2 Å². The van der Waals surface area contributed by atoms with Crippen molar-refractivity contribution in [2.45, 2.75) is 19.3 Å². The van der Waals surface area contributed by atoms with E-state index >= 15 is 0 Å². The molecule has 1 aliphatic rings. The maximum atomic E-state index is 6.83. The van der Waals surface area contributed by atoms with E-state index in [9.17, 15) is 0 Å². The second-order valence-corrected chi connectivity index (χ2v) is 16.1. The highest BCUT2D eigenvalue weighted by Crippen LogP contribution is 2.51. The van der Waals surface area contributed by atoms with Crippen LogP contribution in [-0.4, -0.2) is 0 Å². The summed E-state index contributed by atoms with van der Waals surface area (Å²) < 4.78 is 6.83. The fourth-order valence-corrected chi connectivity index (χ4v) is 9.34. The van der Waals surface area contributed by atoms with Crippen molar-refractivity contribution in [1.29, 1.82) is 0 Å². The zero-order chi connectivity index (χ0) is 39.5. The molecule has 10 aromatic rings. The molecule has 2 nitrogen and oxygen atoms in total. The molecule has 0 spiro atoms. The number of furan rings is 1. The van der Waals surface area contributed by atoms with Gasteiger partial charge in [-0.15, -0.1) is 0 Å². The summed E-state index contributed by atoms with van der Waals surface area (Å²) in [6.07, 6.45) is 0. The lowest BCUT2D eigenvalue weighted by atomic mass is 9.81. The topological polar surface area (TPSA) is 16.4 Å². The summed E-state index contributed by atoms with van der Waals surface area (Å²) in [7, 11) is 0. The maximum Gasteiger partial charge on any atom is 0.145 e.